The van der Waals surface area contributed by atoms with Crippen LogP contribution in [0.1, 0.15) is 4.88 Å². The second-order valence-corrected chi connectivity index (χ2v) is 11.6. The quantitative estimate of drug-likeness (QED) is 0.348. The number of quaternary nitrogens is 1. The van der Waals surface area contributed by atoms with Gasteiger partial charge in [-0.2, -0.15) is 0 Å². The van der Waals surface area contributed by atoms with Crippen LogP contribution >= 0.6 is 23.1 Å². The number of carboxylic acids is 2. The molecule has 12 heteroatoms. The summed E-state index contributed by atoms with van der Waals surface area (Å²) in [6.45, 7) is 1.23. The number of aliphatic carboxylic acids is 2. The van der Waals surface area contributed by atoms with E-state index in [-0.39, 0.29) is 35.9 Å². The minimum Gasteiger partial charge on any atom is -0.544 e. The molecule has 4 rings (SSSR count). The average molecular weight is 535 g/mol. The summed E-state index contributed by atoms with van der Waals surface area (Å²) in [5.41, 5.74) is 0.769. The highest BCUT2D eigenvalue weighted by atomic mass is 32.2. The van der Waals surface area contributed by atoms with Crippen LogP contribution in [0.5, 0.6) is 0 Å². The van der Waals surface area contributed by atoms with Gasteiger partial charge in [-0.15, -0.1) is 23.1 Å². The molecule has 0 aromatic carbocycles. The number of β-lactam (4-membered cyclic amide) rings is 1. The Hall–Kier alpha value is -3.09. The maximum absolute atomic E-state index is 12.7. The van der Waals surface area contributed by atoms with Crippen molar-refractivity contribution in [3.05, 3.63) is 58.1 Å². The van der Waals surface area contributed by atoms with E-state index in [2.05, 4.69) is 5.32 Å². The molecule has 0 radical (unpaired) electrons. The van der Waals surface area contributed by atoms with E-state index < -0.39 is 18.0 Å². The molecule has 0 saturated carbocycles. The van der Waals surface area contributed by atoms with Crippen LogP contribution in [0.2, 0.25) is 0 Å². The van der Waals surface area contributed by atoms with Crippen molar-refractivity contribution in [3.63, 3.8) is 0 Å². The summed E-state index contributed by atoms with van der Waals surface area (Å²) in [5, 5.41) is 23.9. The molecule has 2 atom stereocenters. The first-order valence-corrected chi connectivity index (χ1v) is 13.2. The fourth-order valence-electron chi connectivity index (χ4n) is 3.86. The van der Waals surface area contributed by atoms with E-state index in [1.807, 2.05) is 46.8 Å². The molecule has 1 unspecified atom stereocenters. The van der Waals surface area contributed by atoms with Gasteiger partial charge in [-0.05, 0) is 29.3 Å². The van der Waals surface area contributed by atoms with Gasteiger partial charge < -0.3 is 29.7 Å². The fraction of sp³-hybridized carbons (Fsp3) is 0.417. The first-order valence-electron chi connectivity index (χ1n) is 11.3. The number of hydrogen-bond acceptors (Lipinski definition) is 8. The molecule has 4 heterocycles. The van der Waals surface area contributed by atoms with Crippen molar-refractivity contribution >= 4 is 46.9 Å². The number of allylic oxidation sites excluding steroid dienone is 2. The highest BCUT2D eigenvalue weighted by Gasteiger charge is 2.54. The van der Waals surface area contributed by atoms with Gasteiger partial charge in [-0.3, -0.25) is 14.5 Å². The third kappa shape index (κ3) is 7.21. The number of likely N-dealkylation sites (N-methyl/N-ethyl adjacent to an activating group) is 1. The maximum Gasteiger partial charge on any atom is 0.352 e. The first kappa shape index (κ1) is 27.5. The van der Waals surface area contributed by atoms with E-state index in [0.717, 1.165) is 4.88 Å². The lowest BCUT2D eigenvalue weighted by molar-refractivity contribution is -0.864. The van der Waals surface area contributed by atoms with E-state index in [1.165, 1.54) is 28.0 Å². The van der Waals surface area contributed by atoms with Gasteiger partial charge in [0.05, 0.1) is 33.5 Å². The standard InChI is InChI=1S/C19H19N3O4S2.C5H11NO2/c23-14(9-13-5-4-8-27-13)20-15-17(24)22-16(19(25)26)12(11-28-18(15)22)10-21-6-2-1-3-7-21;1-6(2,3)4-5(7)8/h1-6,8,15,18H,7,9-11H2,(H,20,23)(H,25,26);4H2,1-3H3/t15?,18-;/m1./s1. The Morgan fingerprint density at radius 1 is 1.25 bits per heavy atom. The number of thioether (sulfide) groups is 1. The maximum atomic E-state index is 12.7. The van der Waals surface area contributed by atoms with Crippen molar-refractivity contribution in [2.24, 2.45) is 0 Å². The van der Waals surface area contributed by atoms with E-state index in [0.29, 0.717) is 28.9 Å². The van der Waals surface area contributed by atoms with Crippen LogP contribution in [0.3, 0.4) is 0 Å². The number of nitrogens with one attached hydrogen (secondary N) is 1. The highest BCUT2D eigenvalue weighted by Crippen LogP contribution is 2.40. The van der Waals surface area contributed by atoms with E-state index >= 15 is 0 Å². The number of carbonyl (C=O) groups excluding carboxylic acids is 3. The summed E-state index contributed by atoms with van der Waals surface area (Å²) < 4.78 is 0.419. The van der Waals surface area contributed by atoms with Gasteiger partial charge in [0.25, 0.3) is 5.91 Å². The summed E-state index contributed by atoms with van der Waals surface area (Å²) in [6.07, 6.45) is 7.97. The van der Waals surface area contributed by atoms with Gasteiger partial charge >= 0.3 is 5.97 Å². The molecule has 10 nitrogen and oxygen atoms in total. The Balaban J connectivity index is 0.000000392. The predicted octanol–water partition coefficient (Wildman–Crippen LogP) is -0.143. The highest BCUT2D eigenvalue weighted by molar-refractivity contribution is 8.00. The third-order valence-electron chi connectivity index (χ3n) is 5.36. The van der Waals surface area contributed by atoms with Crippen molar-refractivity contribution in [2.45, 2.75) is 17.8 Å². The predicted molar refractivity (Wildman–Crippen MR) is 135 cm³/mol. The van der Waals surface area contributed by atoms with Crippen LogP contribution < -0.4 is 10.4 Å². The number of carbonyl (C=O) groups is 4. The molecule has 2 amide bonds. The second-order valence-electron chi connectivity index (χ2n) is 9.49. The molecule has 3 aliphatic rings. The van der Waals surface area contributed by atoms with Crippen LogP contribution in [0.15, 0.2) is 53.2 Å². The second kappa shape index (κ2) is 11.8. The zero-order valence-corrected chi connectivity index (χ0v) is 22.0. The number of rotatable bonds is 8. The van der Waals surface area contributed by atoms with Crippen molar-refractivity contribution in [1.82, 2.24) is 15.1 Å². The van der Waals surface area contributed by atoms with Crippen molar-refractivity contribution in [3.8, 4) is 0 Å². The topological polar surface area (TPSA) is 130 Å². The summed E-state index contributed by atoms with van der Waals surface area (Å²) in [4.78, 5) is 50.9. The lowest BCUT2D eigenvalue weighted by Crippen LogP contribution is -2.70. The van der Waals surface area contributed by atoms with Gasteiger partial charge in [0.1, 0.15) is 23.7 Å². The molecule has 36 heavy (non-hydrogen) atoms. The molecular weight excluding hydrogens is 504 g/mol. The number of nitrogens with zero attached hydrogens (tertiary/aromatic N) is 3. The molecule has 0 bridgehead atoms. The largest absolute Gasteiger partial charge is 0.544 e. The van der Waals surface area contributed by atoms with Crippen LogP contribution in [-0.2, 0) is 25.6 Å². The Bertz CT molecular complexity index is 1090. The molecule has 0 aliphatic carbocycles. The fourth-order valence-corrected chi connectivity index (χ4v) is 5.90. The van der Waals surface area contributed by atoms with Gasteiger partial charge in [-0.1, -0.05) is 18.2 Å². The number of carboxylic acid groups (broad SMARTS) is 2. The summed E-state index contributed by atoms with van der Waals surface area (Å²) in [5.74, 6) is -2.17. The normalized spacial score (nSPS) is 20.8. The Labute approximate surface area is 218 Å². The van der Waals surface area contributed by atoms with Crippen molar-refractivity contribution in [1.29, 1.82) is 0 Å². The molecule has 1 saturated heterocycles. The van der Waals surface area contributed by atoms with E-state index in [4.69, 9.17) is 0 Å². The first-order chi connectivity index (χ1) is 17.0. The smallest absolute Gasteiger partial charge is 0.352 e. The molecule has 3 aliphatic heterocycles. The summed E-state index contributed by atoms with van der Waals surface area (Å²) >= 11 is 2.98. The number of hydrogen-bond donors (Lipinski definition) is 2. The lowest BCUT2D eigenvalue weighted by atomic mass is 10.0. The lowest BCUT2D eigenvalue weighted by Gasteiger charge is -2.49. The van der Waals surface area contributed by atoms with Crippen molar-refractivity contribution < 1.29 is 33.9 Å². The molecular formula is C24H30N4O6S2. The number of fused-ring (bicyclic) bond motifs is 1. The molecule has 1 aromatic heterocycles. The van der Waals surface area contributed by atoms with Crippen LogP contribution in [-0.4, -0.2) is 101 Å². The Morgan fingerprint density at radius 3 is 2.53 bits per heavy atom. The summed E-state index contributed by atoms with van der Waals surface area (Å²) in [7, 11) is 5.40. The SMILES string of the molecule is C[N+](C)(C)CC(=O)[O-].O=C(Cc1cccs1)NC1C(=O)N2C(C(=O)O)=C(CN3C=CC=CC3)CS[C@H]12. The number of amides is 2. The van der Waals surface area contributed by atoms with Gasteiger partial charge in [0.15, 0.2) is 0 Å². The van der Waals surface area contributed by atoms with E-state index in [9.17, 15) is 29.4 Å². The van der Waals surface area contributed by atoms with Crippen LogP contribution in [0.4, 0.5) is 0 Å². The van der Waals surface area contributed by atoms with Gasteiger partial charge in [-0.25, -0.2) is 4.79 Å². The van der Waals surface area contributed by atoms with E-state index in [1.54, 1.807) is 21.1 Å². The molecule has 2 N–H and O–H groups in total. The molecule has 1 aromatic rings. The summed E-state index contributed by atoms with van der Waals surface area (Å²) in [6, 6.07) is 3.07. The molecule has 0 spiro atoms. The zero-order chi connectivity index (χ0) is 26.5. The third-order valence-corrected chi connectivity index (χ3v) is 7.58. The van der Waals surface area contributed by atoms with Gasteiger partial charge in [0, 0.05) is 23.7 Å². The number of thiophene rings is 1. The van der Waals surface area contributed by atoms with Crippen LogP contribution in [0.25, 0.3) is 0 Å². The van der Waals surface area contributed by atoms with Crippen molar-refractivity contribution in [2.75, 3.05) is 46.5 Å². The van der Waals surface area contributed by atoms with Crippen LogP contribution in [0, 0.1) is 0 Å². The minimum absolute atomic E-state index is 0.0560. The zero-order valence-electron chi connectivity index (χ0n) is 20.4. The van der Waals surface area contributed by atoms with Gasteiger partial charge in [0.2, 0.25) is 5.91 Å². The molecule has 1 fully saturated rings. The minimum atomic E-state index is -1.10. The Morgan fingerprint density at radius 2 is 2.00 bits per heavy atom. The average Bonchev–Trinajstić information content (AvgIpc) is 3.29. The monoisotopic (exact) mass is 534 g/mol. The molecule has 194 valence electrons. The Kier molecular flexibility index (Phi) is 8.98.